The van der Waals surface area contributed by atoms with E-state index in [2.05, 4.69) is 10.5 Å². The number of hydrogen-bond acceptors (Lipinski definition) is 5. The van der Waals surface area contributed by atoms with Gasteiger partial charge in [-0.3, -0.25) is 4.79 Å². The Labute approximate surface area is 148 Å². The molecule has 0 saturated heterocycles. The highest BCUT2D eigenvalue weighted by molar-refractivity contribution is 7.12. The third-order valence-corrected chi connectivity index (χ3v) is 4.08. The first-order chi connectivity index (χ1) is 12.2. The first-order valence-corrected chi connectivity index (χ1v) is 8.34. The molecule has 0 fully saturated rings. The van der Waals surface area contributed by atoms with Gasteiger partial charge in [0.15, 0.2) is 0 Å². The van der Waals surface area contributed by atoms with Crippen molar-refractivity contribution in [2.24, 2.45) is 5.10 Å². The number of nitrogens with one attached hydrogen (secondary N) is 1. The fourth-order valence-corrected chi connectivity index (χ4v) is 2.59. The van der Waals surface area contributed by atoms with Gasteiger partial charge in [-0.25, -0.2) is 10.2 Å². The lowest BCUT2D eigenvalue weighted by atomic mass is 10.2. The summed E-state index contributed by atoms with van der Waals surface area (Å²) in [5.74, 6) is -0.214. The van der Waals surface area contributed by atoms with Crippen LogP contribution in [0.5, 0.6) is 5.75 Å². The van der Waals surface area contributed by atoms with Gasteiger partial charge in [0, 0.05) is 5.56 Å². The summed E-state index contributed by atoms with van der Waals surface area (Å²) in [6.07, 6.45) is 1.52. The lowest BCUT2D eigenvalue weighted by molar-refractivity contribution is 0.0739. The smallest absolute Gasteiger partial charge is 0.353 e. The second kappa shape index (κ2) is 8.03. The summed E-state index contributed by atoms with van der Waals surface area (Å²) in [6, 6.07) is 19.2. The summed E-state index contributed by atoms with van der Waals surface area (Å²) in [7, 11) is 0. The van der Waals surface area contributed by atoms with Crippen LogP contribution in [-0.4, -0.2) is 18.1 Å². The minimum Gasteiger partial charge on any atom is -0.422 e. The molecule has 1 aromatic heterocycles. The Bertz CT molecular complexity index is 873. The number of hydrazone groups is 1. The van der Waals surface area contributed by atoms with Crippen molar-refractivity contribution < 1.29 is 14.3 Å². The van der Waals surface area contributed by atoms with E-state index < -0.39 is 0 Å². The minimum atomic E-state index is -0.383. The standard InChI is InChI=1S/C19H14N2O3S/c22-18(15-5-2-1-3-6-15)21-20-13-14-8-10-16(11-9-14)24-19(23)17-7-4-12-25-17/h1-13H,(H,21,22). The van der Waals surface area contributed by atoms with E-state index in [9.17, 15) is 9.59 Å². The number of nitrogens with zero attached hydrogens (tertiary/aromatic N) is 1. The van der Waals surface area contributed by atoms with Gasteiger partial charge in [0.25, 0.3) is 5.91 Å². The van der Waals surface area contributed by atoms with Gasteiger partial charge in [-0.15, -0.1) is 11.3 Å². The molecule has 0 aliphatic rings. The fraction of sp³-hybridized carbons (Fsp3) is 0. The van der Waals surface area contributed by atoms with E-state index in [4.69, 9.17) is 4.74 Å². The zero-order valence-electron chi connectivity index (χ0n) is 13.1. The molecule has 1 N–H and O–H groups in total. The third kappa shape index (κ3) is 4.62. The Morgan fingerprint density at radius 2 is 1.72 bits per heavy atom. The molecule has 0 atom stereocenters. The van der Waals surface area contributed by atoms with E-state index >= 15 is 0 Å². The zero-order chi connectivity index (χ0) is 17.5. The molecule has 2 aromatic carbocycles. The predicted octanol–water partition coefficient (Wildman–Crippen LogP) is 3.73. The van der Waals surface area contributed by atoms with Crippen molar-refractivity contribution in [3.8, 4) is 5.75 Å². The zero-order valence-corrected chi connectivity index (χ0v) is 13.9. The van der Waals surface area contributed by atoms with Gasteiger partial charge in [0.1, 0.15) is 10.6 Å². The molecular formula is C19H14N2O3S. The van der Waals surface area contributed by atoms with Gasteiger partial charge in [0.05, 0.1) is 6.21 Å². The van der Waals surface area contributed by atoms with Gasteiger partial charge in [-0.1, -0.05) is 24.3 Å². The van der Waals surface area contributed by atoms with Gasteiger partial charge >= 0.3 is 5.97 Å². The van der Waals surface area contributed by atoms with E-state index in [1.54, 1.807) is 60.7 Å². The third-order valence-electron chi connectivity index (χ3n) is 3.23. The van der Waals surface area contributed by atoms with E-state index in [0.717, 1.165) is 5.56 Å². The van der Waals surface area contributed by atoms with E-state index in [-0.39, 0.29) is 11.9 Å². The van der Waals surface area contributed by atoms with Gasteiger partial charge in [0.2, 0.25) is 0 Å². The average Bonchev–Trinajstić information content (AvgIpc) is 3.19. The average molecular weight is 350 g/mol. The van der Waals surface area contributed by atoms with Crippen molar-refractivity contribution in [3.63, 3.8) is 0 Å². The molecule has 5 nitrogen and oxygen atoms in total. The van der Waals surface area contributed by atoms with Crippen LogP contribution in [0.15, 0.2) is 77.2 Å². The molecule has 0 bridgehead atoms. The van der Waals surface area contributed by atoms with Crippen LogP contribution >= 0.6 is 11.3 Å². The molecule has 124 valence electrons. The second-order valence-corrected chi connectivity index (χ2v) is 5.95. The molecular weight excluding hydrogens is 336 g/mol. The molecule has 1 amide bonds. The second-order valence-electron chi connectivity index (χ2n) is 5.00. The first kappa shape index (κ1) is 16.6. The highest BCUT2D eigenvalue weighted by Gasteiger charge is 2.09. The van der Waals surface area contributed by atoms with E-state index in [1.165, 1.54) is 17.6 Å². The Balaban J connectivity index is 1.55. The maximum Gasteiger partial charge on any atom is 0.353 e. The molecule has 1 heterocycles. The molecule has 25 heavy (non-hydrogen) atoms. The summed E-state index contributed by atoms with van der Waals surface area (Å²) < 4.78 is 5.27. The van der Waals surface area contributed by atoms with E-state index in [1.807, 2.05) is 11.4 Å². The Hall–Kier alpha value is -3.25. The number of amides is 1. The summed E-state index contributed by atoms with van der Waals surface area (Å²) in [5, 5.41) is 5.74. The van der Waals surface area contributed by atoms with Gasteiger partial charge < -0.3 is 4.74 Å². The fourth-order valence-electron chi connectivity index (χ4n) is 1.99. The number of carbonyl (C=O) groups is 2. The molecule has 3 rings (SSSR count). The monoisotopic (exact) mass is 350 g/mol. The molecule has 0 unspecified atom stereocenters. The van der Waals surface area contributed by atoms with Crippen LogP contribution in [0.3, 0.4) is 0 Å². The number of rotatable bonds is 5. The van der Waals surface area contributed by atoms with E-state index in [0.29, 0.717) is 16.2 Å². The van der Waals surface area contributed by atoms with Crippen LogP contribution in [0.2, 0.25) is 0 Å². The number of carbonyl (C=O) groups excluding carboxylic acids is 2. The maximum absolute atomic E-state index is 11.9. The van der Waals surface area contributed by atoms with Crippen molar-refractivity contribution >= 4 is 29.4 Å². The van der Waals surface area contributed by atoms with Crippen LogP contribution < -0.4 is 10.2 Å². The predicted molar refractivity (Wildman–Crippen MR) is 97.2 cm³/mol. The van der Waals surface area contributed by atoms with Gasteiger partial charge in [-0.05, 0) is 53.4 Å². The van der Waals surface area contributed by atoms with Crippen LogP contribution in [0.25, 0.3) is 0 Å². The summed E-state index contributed by atoms with van der Waals surface area (Å²) in [5.41, 5.74) is 3.76. The summed E-state index contributed by atoms with van der Waals surface area (Å²) in [4.78, 5) is 24.2. The number of benzene rings is 2. The maximum atomic E-state index is 11.9. The van der Waals surface area contributed by atoms with Crippen molar-refractivity contribution in [2.75, 3.05) is 0 Å². The summed E-state index contributed by atoms with van der Waals surface area (Å²) in [6.45, 7) is 0. The Morgan fingerprint density at radius 3 is 2.40 bits per heavy atom. The number of esters is 1. The molecule has 6 heteroatoms. The lowest BCUT2D eigenvalue weighted by Gasteiger charge is -2.03. The number of ether oxygens (including phenoxy) is 1. The Kier molecular flexibility index (Phi) is 5.33. The molecule has 0 spiro atoms. The largest absolute Gasteiger partial charge is 0.422 e. The highest BCUT2D eigenvalue weighted by Crippen LogP contribution is 2.16. The Morgan fingerprint density at radius 1 is 0.960 bits per heavy atom. The van der Waals surface area contributed by atoms with Gasteiger partial charge in [-0.2, -0.15) is 5.10 Å². The first-order valence-electron chi connectivity index (χ1n) is 7.46. The van der Waals surface area contributed by atoms with Crippen molar-refractivity contribution in [2.45, 2.75) is 0 Å². The normalized spacial score (nSPS) is 10.6. The SMILES string of the molecule is O=C(NN=Cc1ccc(OC(=O)c2cccs2)cc1)c1ccccc1. The molecule has 0 saturated carbocycles. The molecule has 0 radical (unpaired) electrons. The van der Waals surface area contributed by atoms with Crippen molar-refractivity contribution in [3.05, 3.63) is 88.1 Å². The van der Waals surface area contributed by atoms with Crippen LogP contribution in [0.4, 0.5) is 0 Å². The minimum absolute atomic E-state index is 0.279. The van der Waals surface area contributed by atoms with Crippen LogP contribution in [0, 0.1) is 0 Å². The van der Waals surface area contributed by atoms with Crippen LogP contribution in [-0.2, 0) is 0 Å². The number of thiophene rings is 1. The quantitative estimate of drug-likeness (QED) is 0.330. The lowest BCUT2D eigenvalue weighted by Crippen LogP contribution is -2.17. The molecule has 0 aliphatic heterocycles. The summed E-state index contributed by atoms with van der Waals surface area (Å²) >= 11 is 1.33. The highest BCUT2D eigenvalue weighted by atomic mass is 32.1. The molecule has 3 aromatic rings. The van der Waals surface area contributed by atoms with Crippen molar-refractivity contribution in [1.82, 2.24) is 5.43 Å². The topological polar surface area (TPSA) is 67.8 Å². The molecule has 0 aliphatic carbocycles. The van der Waals surface area contributed by atoms with Crippen molar-refractivity contribution in [1.29, 1.82) is 0 Å². The van der Waals surface area contributed by atoms with Crippen LogP contribution in [0.1, 0.15) is 25.6 Å². The number of hydrogen-bond donors (Lipinski definition) is 1.